The van der Waals surface area contributed by atoms with Gasteiger partial charge >= 0.3 is 0 Å². The van der Waals surface area contributed by atoms with Gasteiger partial charge in [-0.3, -0.25) is 0 Å². The maximum absolute atomic E-state index is 5.91. The Morgan fingerprint density at radius 1 is 1.29 bits per heavy atom. The van der Waals surface area contributed by atoms with E-state index in [0.29, 0.717) is 18.6 Å². The number of hydrogen-bond donors (Lipinski definition) is 2. The molecule has 2 nitrogen and oxygen atoms in total. The SMILES string of the molecule is Cc1cccc(C(CN)NC2CCCCC2)c1. The zero-order chi connectivity index (χ0) is 12.1. The number of benzene rings is 1. The summed E-state index contributed by atoms with van der Waals surface area (Å²) in [6.07, 6.45) is 6.74. The summed E-state index contributed by atoms with van der Waals surface area (Å²) < 4.78 is 0. The van der Waals surface area contributed by atoms with Crippen molar-refractivity contribution in [3.8, 4) is 0 Å². The van der Waals surface area contributed by atoms with Gasteiger partial charge in [0.1, 0.15) is 0 Å². The van der Waals surface area contributed by atoms with Crippen LogP contribution in [0.3, 0.4) is 0 Å². The first-order chi connectivity index (χ1) is 8.29. The molecule has 1 atom stereocenters. The highest BCUT2D eigenvalue weighted by molar-refractivity contribution is 5.25. The van der Waals surface area contributed by atoms with Crippen LogP contribution in [0, 0.1) is 6.92 Å². The minimum atomic E-state index is 0.318. The van der Waals surface area contributed by atoms with Gasteiger partial charge in [0.25, 0.3) is 0 Å². The molecule has 0 aromatic heterocycles. The molecular weight excluding hydrogens is 208 g/mol. The van der Waals surface area contributed by atoms with Crippen LogP contribution in [0.1, 0.15) is 49.3 Å². The van der Waals surface area contributed by atoms with Crippen molar-refractivity contribution in [1.29, 1.82) is 0 Å². The molecule has 0 aliphatic heterocycles. The summed E-state index contributed by atoms with van der Waals surface area (Å²) in [5, 5.41) is 3.72. The molecule has 1 fully saturated rings. The highest BCUT2D eigenvalue weighted by Crippen LogP contribution is 2.21. The van der Waals surface area contributed by atoms with Gasteiger partial charge in [-0.05, 0) is 25.3 Å². The second-order valence-electron chi connectivity index (χ2n) is 5.20. The van der Waals surface area contributed by atoms with Crippen molar-refractivity contribution in [2.75, 3.05) is 6.54 Å². The van der Waals surface area contributed by atoms with Crippen molar-refractivity contribution < 1.29 is 0 Å². The lowest BCUT2D eigenvalue weighted by atomic mass is 9.94. The van der Waals surface area contributed by atoms with Crippen LogP contribution >= 0.6 is 0 Å². The van der Waals surface area contributed by atoms with Crippen molar-refractivity contribution in [3.63, 3.8) is 0 Å². The highest BCUT2D eigenvalue weighted by Gasteiger charge is 2.18. The molecule has 2 heteroatoms. The van der Waals surface area contributed by atoms with E-state index in [-0.39, 0.29) is 0 Å². The van der Waals surface area contributed by atoms with Crippen molar-refractivity contribution in [2.24, 2.45) is 5.73 Å². The Kier molecular flexibility index (Phi) is 4.57. The Morgan fingerprint density at radius 3 is 2.71 bits per heavy atom. The molecular formula is C15H24N2. The smallest absolute Gasteiger partial charge is 0.0446 e. The van der Waals surface area contributed by atoms with E-state index < -0.39 is 0 Å². The number of aryl methyl sites for hydroxylation is 1. The average molecular weight is 232 g/mol. The van der Waals surface area contributed by atoms with E-state index in [9.17, 15) is 0 Å². The van der Waals surface area contributed by atoms with E-state index in [4.69, 9.17) is 5.73 Å². The van der Waals surface area contributed by atoms with Gasteiger partial charge in [0.15, 0.2) is 0 Å². The molecule has 1 saturated carbocycles. The van der Waals surface area contributed by atoms with Crippen LogP contribution in [0.4, 0.5) is 0 Å². The van der Waals surface area contributed by atoms with Gasteiger partial charge in [-0.25, -0.2) is 0 Å². The molecule has 0 bridgehead atoms. The minimum Gasteiger partial charge on any atom is -0.329 e. The van der Waals surface area contributed by atoms with Crippen LogP contribution in [-0.2, 0) is 0 Å². The molecule has 1 unspecified atom stereocenters. The van der Waals surface area contributed by atoms with Crippen molar-refractivity contribution >= 4 is 0 Å². The van der Waals surface area contributed by atoms with Crippen LogP contribution in [0.2, 0.25) is 0 Å². The molecule has 1 aliphatic carbocycles. The zero-order valence-electron chi connectivity index (χ0n) is 10.8. The van der Waals surface area contributed by atoms with Gasteiger partial charge in [0, 0.05) is 18.6 Å². The monoisotopic (exact) mass is 232 g/mol. The largest absolute Gasteiger partial charge is 0.329 e. The second kappa shape index (κ2) is 6.18. The molecule has 0 amide bonds. The Hall–Kier alpha value is -0.860. The Balaban J connectivity index is 2.00. The fraction of sp³-hybridized carbons (Fsp3) is 0.600. The van der Waals surface area contributed by atoms with Crippen LogP contribution in [0.25, 0.3) is 0 Å². The molecule has 0 radical (unpaired) electrons. The number of nitrogens with two attached hydrogens (primary N) is 1. The molecule has 1 aliphatic rings. The van der Waals surface area contributed by atoms with E-state index in [0.717, 1.165) is 0 Å². The summed E-state index contributed by atoms with van der Waals surface area (Å²) in [5.74, 6) is 0. The van der Waals surface area contributed by atoms with E-state index >= 15 is 0 Å². The van der Waals surface area contributed by atoms with Crippen molar-refractivity contribution in [1.82, 2.24) is 5.32 Å². The van der Waals surface area contributed by atoms with Gasteiger partial charge in [-0.1, -0.05) is 49.1 Å². The third-order valence-corrected chi connectivity index (χ3v) is 3.72. The standard InChI is InChI=1S/C15H24N2/c1-12-6-5-7-13(10-12)15(11-16)17-14-8-3-2-4-9-14/h5-7,10,14-15,17H,2-4,8-9,11,16H2,1H3. The third kappa shape index (κ3) is 3.55. The van der Waals surface area contributed by atoms with Gasteiger partial charge in [0.05, 0.1) is 0 Å². The maximum Gasteiger partial charge on any atom is 0.0446 e. The lowest BCUT2D eigenvalue weighted by molar-refractivity contribution is 0.340. The Morgan fingerprint density at radius 2 is 2.06 bits per heavy atom. The minimum absolute atomic E-state index is 0.318. The first-order valence-electron chi connectivity index (χ1n) is 6.82. The molecule has 2 rings (SSSR count). The predicted molar refractivity (Wildman–Crippen MR) is 73.0 cm³/mol. The fourth-order valence-corrected chi connectivity index (χ4v) is 2.74. The number of hydrogen-bond acceptors (Lipinski definition) is 2. The van der Waals surface area contributed by atoms with Gasteiger partial charge in [0.2, 0.25) is 0 Å². The molecule has 94 valence electrons. The van der Waals surface area contributed by atoms with E-state index in [1.807, 2.05) is 0 Å². The van der Waals surface area contributed by atoms with Crippen LogP contribution in [0.15, 0.2) is 24.3 Å². The summed E-state index contributed by atoms with van der Waals surface area (Å²) >= 11 is 0. The second-order valence-corrected chi connectivity index (χ2v) is 5.20. The fourth-order valence-electron chi connectivity index (χ4n) is 2.74. The van der Waals surface area contributed by atoms with E-state index in [2.05, 4.69) is 36.5 Å². The topological polar surface area (TPSA) is 38.0 Å². The summed E-state index contributed by atoms with van der Waals surface area (Å²) in [7, 11) is 0. The molecule has 1 aromatic rings. The van der Waals surface area contributed by atoms with Gasteiger partial charge in [-0.15, -0.1) is 0 Å². The molecule has 3 N–H and O–H groups in total. The Labute approximate surface area is 105 Å². The zero-order valence-corrected chi connectivity index (χ0v) is 10.8. The van der Waals surface area contributed by atoms with Crippen molar-refractivity contribution in [3.05, 3.63) is 35.4 Å². The van der Waals surface area contributed by atoms with Crippen LogP contribution in [-0.4, -0.2) is 12.6 Å². The van der Waals surface area contributed by atoms with Crippen LogP contribution in [0.5, 0.6) is 0 Å². The highest BCUT2D eigenvalue weighted by atomic mass is 15.0. The number of nitrogens with one attached hydrogen (secondary N) is 1. The molecule has 17 heavy (non-hydrogen) atoms. The van der Waals surface area contributed by atoms with Crippen molar-refractivity contribution in [2.45, 2.75) is 51.1 Å². The third-order valence-electron chi connectivity index (χ3n) is 3.72. The molecule has 1 aromatic carbocycles. The average Bonchev–Trinajstić information content (AvgIpc) is 2.37. The lowest BCUT2D eigenvalue weighted by Gasteiger charge is -2.28. The first kappa shape index (κ1) is 12.6. The van der Waals surface area contributed by atoms with Gasteiger partial charge in [-0.2, -0.15) is 0 Å². The first-order valence-corrected chi connectivity index (χ1v) is 6.82. The normalized spacial score (nSPS) is 19.2. The predicted octanol–water partition coefficient (Wildman–Crippen LogP) is 2.92. The number of rotatable bonds is 4. The van der Waals surface area contributed by atoms with E-state index in [1.54, 1.807) is 0 Å². The van der Waals surface area contributed by atoms with Crippen LogP contribution < -0.4 is 11.1 Å². The molecule has 0 spiro atoms. The summed E-state index contributed by atoms with van der Waals surface area (Å²) in [6, 6.07) is 9.66. The summed E-state index contributed by atoms with van der Waals surface area (Å²) in [6.45, 7) is 2.82. The summed E-state index contributed by atoms with van der Waals surface area (Å²) in [5.41, 5.74) is 8.55. The van der Waals surface area contributed by atoms with E-state index in [1.165, 1.54) is 43.2 Å². The summed E-state index contributed by atoms with van der Waals surface area (Å²) in [4.78, 5) is 0. The molecule has 0 saturated heterocycles. The molecule has 0 heterocycles. The Bertz CT molecular complexity index is 343. The maximum atomic E-state index is 5.91. The van der Waals surface area contributed by atoms with Gasteiger partial charge < -0.3 is 11.1 Å². The quantitative estimate of drug-likeness (QED) is 0.837. The lowest BCUT2D eigenvalue weighted by Crippen LogP contribution is -2.37.